The maximum absolute atomic E-state index is 12.3. The standard InChI is InChI=1S/C15H24ClN3O/c1-18(2)10-11-19(15(20)7-3-4-8-16)13-14-6-5-9-17-12-14/h5-6,9,12H,3-4,7-8,10-11,13H2,1-2H3. The van der Waals surface area contributed by atoms with Gasteiger partial charge in [-0.3, -0.25) is 9.78 Å². The molecule has 5 heteroatoms. The van der Waals surface area contributed by atoms with Crippen molar-refractivity contribution in [3.05, 3.63) is 30.1 Å². The van der Waals surface area contributed by atoms with E-state index in [0.29, 0.717) is 18.8 Å². The van der Waals surface area contributed by atoms with Gasteiger partial charge in [-0.2, -0.15) is 0 Å². The number of carbonyl (C=O) groups excluding carboxylic acids is 1. The molecule has 0 atom stereocenters. The molecule has 0 saturated carbocycles. The molecule has 0 aliphatic carbocycles. The number of rotatable bonds is 9. The Morgan fingerprint density at radius 3 is 2.70 bits per heavy atom. The second kappa shape index (κ2) is 9.72. The van der Waals surface area contributed by atoms with Crippen LogP contribution in [0, 0.1) is 0 Å². The molecule has 0 N–H and O–H groups in total. The first-order chi connectivity index (χ1) is 9.63. The van der Waals surface area contributed by atoms with Gasteiger partial charge in [-0.25, -0.2) is 0 Å². The normalized spacial score (nSPS) is 10.8. The van der Waals surface area contributed by atoms with Crippen molar-refractivity contribution < 1.29 is 4.79 Å². The SMILES string of the molecule is CN(C)CCN(Cc1cccnc1)C(=O)CCCCCl. The fourth-order valence-corrected chi connectivity index (χ4v) is 2.04. The summed E-state index contributed by atoms with van der Waals surface area (Å²) in [6, 6.07) is 3.90. The van der Waals surface area contributed by atoms with Gasteiger partial charge < -0.3 is 9.80 Å². The number of halogens is 1. The van der Waals surface area contributed by atoms with Gasteiger partial charge in [0.25, 0.3) is 0 Å². The largest absolute Gasteiger partial charge is 0.337 e. The van der Waals surface area contributed by atoms with Gasteiger partial charge in [0.1, 0.15) is 0 Å². The first-order valence-corrected chi connectivity index (χ1v) is 7.54. The minimum Gasteiger partial charge on any atom is -0.337 e. The van der Waals surface area contributed by atoms with E-state index in [9.17, 15) is 4.79 Å². The van der Waals surface area contributed by atoms with Crippen LogP contribution in [0.5, 0.6) is 0 Å². The summed E-state index contributed by atoms with van der Waals surface area (Å²) in [5.41, 5.74) is 1.07. The van der Waals surface area contributed by atoms with Crippen LogP contribution in [-0.4, -0.2) is 53.8 Å². The molecule has 0 fully saturated rings. The zero-order valence-electron chi connectivity index (χ0n) is 12.4. The summed E-state index contributed by atoms with van der Waals surface area (Å²) >= 11 is 5.66. The van der Waals surface area contributed by atoms with Crippen LogP contribution in [0.3, 0.4) is 0 Å². The third-order valence-electron chi connectivity index (χ3n) is 3.04. The van der Waals surface area contributed by atoms with Crippen molar-refractivity contribution in [2.75, 3.05) is 33.1 Å². The molecule has 1 heterocycles. The Morgan fingerprint density at radius 1 is 1.30 bits per heavy atom. The highest BCUT2D eigenvalue weighted by molar-refractivity contribution is 6.17. The number of hydrogen-bond acceptors (Lipinski definition) is 3. The molecule has 1 amide bonds. The molecule has 20 heavy (non-hydrogen) atoms. The predicted octanol–water partition coefficient (Wildman–Crippen LogP) is 2.38. The number of nitrogens with zero attached hydrogens (tertiary/aromatic N) is 3. The van der Waals surface area contributed by atoms with Crippen molar-refractivity contribution >= 4 is 17.5 Å². The topological polar surface area (TPSA) is 36.4 Å². The highest BCUT2D eigenvalue weighted by Gasteiger charge is 2.13. The third-order valence-corrected chi connectivity index (χ3v) is 3.31. The van der Waals surface area contributed by atoms with Crippen LogP contribution in [0.2, 0.25) is 0 Å². The number of unbranched alkanes of at least 4 members (excludes halogenated alkanes) is 1. The number of aromatic nitrogens is 1. The minimum atomic E-state index is 0.195. The Morgan fingerprint density at radius 2 is 2.10 bits per heavy atom. The lowest BCUT2D eigenvalue weighted by Gasteiger charge is -2.24. The fourth-order valence-electron chi connectivity index (χ4n) is 1.85. The first-order valence-electron chi connectivity index (χ1n) is 7.01. The van der Waals surface area contributed by atoms with Crippen molar-refractivity contribution in [1.29, 1.82) is 0 Å². The van der Waals surface area contributed by atoms with Crippen molar-refractivity contribution in [2.24, 2.45) is 0 Å². The molecule has 1 rings (SSSR count). The maximum atomic E-state index is 12.3. The predicted molar refractivity (Wildman–Crippen MR) is 82.8 cm³/mol. The summed E-state index contributed by atoms with van der Waals surface area (Å²) in [4.78, 5) is 20.4. The van der Waals surface area contributed by atoms with E-state index in [2.05, 4.69) is 9.88 Å². The number of pyridine rings is 1. The van der Waals surface area contributed by atoms with E-state index in [0.717, 1.165) is 31.5 Å². The molecule has 0 bridgehead atoms. The monoisotopic (exact) mass is 297 g/mol. The van der Waals surface area contributed by atoms with Crippen LogP contribution < -0.4 is 0 Å². The smallest absolute Gasteiger partial charge is 0.222 e. The molecule has 4 nitrogen and oxygen atoms in total. The lowest BCUT2D eigenvalue weighted by Crippen LogP contribution is -2.36. The van der Waals surface area contributed by atoms with Crippen LogP contribution in [0.4, 0.5) is 0 Å². The molecule has 112 valence electrons. The first kappa shape index (κ1) is 16.9. The highest BCUT2D eigenvalue weighted by atomic mass is 35.5. The molecule has 0 unspecified atom stereocenters. The van der Waals surface area contributed by atoms with E-state index >= 15 is 0 Å². The molecule has 0 saturated heterocycles. The van der Waals surface area contributed by atoms with E-state index in [1.54, 1.807) is 6.20 Å². The maximum Gasteiger partial charge on any atom is 0.222 e. The van der Waals surface area contributed by atoms with Gasteiger partial charge >= 0.3 is 0 Å². The summed E-state index contributed by atoms with van der Waals surface area (Å²) in [6.07, 6.45) is 5.88. The molecule has 1 aromatic rings. The lowest BCUT2D eigenvalue weighted by atomic mass is 10.2. The zero-order chi connectivity index (χ0) is 14.8. The summed E-state index contributed by atoms with van der Waals surface area (Å²) in [7, 11) is 4.03. The van der Waals surface area contributed by atoms with Crippen LogP contribution in [0.1, 0.15) is 24.8 Å². The number of likely N-dealkylation sites (N-methyl/N-ethyl adjacent to an activating group) is 1. The van der Waals surface area contributed by atoms with Crippen molar-refractivity contribution in [1.82, 2.24) is 14.8 Å². The van der Waals surface area contributed by atoms with Gasteiger partial charge in [-0.1, -0.05) is 6.07 Å². The van der Waals surface area contributed by atoms with Gasteiger partial charge in [0.15, 0.2) is 0 Å². The second-order valence-corrected chi connectivity index (χ2v) is 5.50. The summed E-state index contributed by atoms with van der Waals surface area (Å²) in [5, 5.41) is 0. The van der Waals surface area contributed by atoms with E-state index in [1.165, 1.54) is 0 Å². The molecule has 0 radical (unpaired) electrons. The Bertz CT molecular complexity index is 384. The Kier molecular flexibility index (Phi) is 8.23. The third kappa shape index (κ3) is 6.87. The number of hydrogen-bond donors (Lipinski definition) is 0. The van der Waals surface area contributed by atoms with Crippen molar-refractivity contribution in [3.63, 3.8) is 0 Å². The van der Waals surface area contributed by atoms with Crippen LogP contribution in [0.25, 0.3) is 0 Å². The molecular weight excluding hydrogens is 274 g/mol. The molecule has 1 aromatic heterocycles. The molecular formula is C15H24ClN3O. The van der Waals surface area contributed by atoms with Crippen LogP contribution in [0.15, 0.2) is 24.5 Å². The Labute approximate surface area is 126 Å². The molecule has 0 aliphatic heterocycles. The van der Waals surface area contributed by atoms with Crippen molar-refractivity contribution in [2.45, 2.75) is 25.8 Å². The summed E-state index contributed by atoms with van der Waals surface area (Å²) in [5.74, 6) is 0.814. The quantitative estimate of drug-likeness (QED) is 0.519. The second-order valence-electron chi connectivity index (χ2n) is 5.13. The zero-order valence-corrected chi connectivity index (χ0v) is 13.1. The molecule has 0 spiro atoms. The van der Waals surface area contributed by atoms with Crippen LogP contribution >= 0.6 is 11.6 Å². The average molecular weight is 298 g/mol. The number of alkyl halides is 1. The van der Waals surface area contributed by atoms with Crippen molar-refractivity contribution in [3.8, 4) is 0 Å². The van der Waals surface area contributed by atoms with E-state index in [-0.39, 0.29) is 5.91 Å². The Hall–Kier alpha value is -1.13. The molecule has 0 aromatic carbocycles. The lowest BCUT2D eigenvalue weighted by molar-refractivity contribution is -0.132. The van der Waals surface area contributed by atoms with Gasteiger partial charge in [-0.15, -0.1) is 11.6 Å². The van der Waals surface area contributed by atoms with E-state index in [4.69, 9.17) is 11.6 Å². The number of carbonyl (C=O) groups is 1. The fraction of sp³-hybridized carbons (Fsp3) is 0.600. The van der Waals surface area contributed by atoms with Gasteiger partial charge in [0.05, 0.1) is 0 Å². The molecule has 0 aliphatic rings. The van der Waals surface area contributed by atoms with Gasteiger partial charge in [-0.05, 0) is 38.6 Å². The van der Waals surface area contributed by atoms with Gasteiger partial charge in [0.2, 0.25) is 5.91 Å². The summed E-state index contributed by atoms with van der Waals surface area (Å²) in [6.45, 7) is 2.23. The average Bonchev–Trinajstić information content (AvgIpc) is 2.44. The Balaban J connectivity index is 2.57. The van der Waals surface area contributed by atoms with E-state index in [1.807, 2.05) is 37.3 Å². The van der Waals surface area contributed by atoms with Crippen LogP contribution in [-0.2, 0) is 11.3 Å². The highest BCUT2D eigenvalue weighted by Crippen LogP contribution is 2.07. The van der Waals surface area contributed by atoms with E-state index < -0.39 is 0 Å². The van der Waals surface area contributed by atoms with Gasteiger partial charge in [0, 0.05) is 44.3 Å². The summed E-state index contributed by atoms with van der Waals surface area (Å²) < 4.78 is 0. The number of amides is 1. The minimum absolute atomic E-state index is 0.195.